The van der Waals surface area contributed by atoms with Gasteiger partial charge in [-0.05, 0) is 59.7 Å². The van der Waals surface area contributed by atoms with Crippen molar-refractivity contribution in [2.24, 2.45) is 0 Å². The summed E-state index contributed by atoms with van der Waals surface area (Å²) in [7, 11) is 1.67. The van der Waals surface area contributed by atoms with Crippen LogP contribution < -0.4 is 9.47 Å². The van der Waals surface area contributed by atoms with Gasteiger partial charge in [0.05, 0.1) is 18.5 Å². The highest BCUT2D eigenvalue weighted by molar-refractivity contribution is 6.31. The summed E-state index contributed by atoms with van der Waals surface area (Å²) in [5.74, 6) is 1.63. The third kappa shape index (κ3) is 3.24. The number of hydrogen-bond acceptors (Lipinski definition) is 3. The Labute approximate surface area is 174 Å². The Morgan fingerprint density at radius 2 is 1.66 bits per heavy atom. The summed E-state index contributed by atoms with van der Waals surface area (Å²) >= 11 is 6.29. The van der Waals surface area contributed by atoms with Gasteiger partial charge in [-0.2, -0.15) is 0 Å². The highest BCUT2D eigenvalue weighted by atomic mass is 35.5. The highest BCUT2D eigenvalue weighted by Gasteiger charge is 2.24. The van der Waals surface area contributed by atoms with Crippen molar-refractivity contribution >= 4 is 11.6 Å². The normalized spacial score (nSPS) is 11.9. The first-order valence-electron chi connectivity index (χ1n) is 9.39. The van der Waals surface area contributed by atoms with Gasteiger partial charge in [0.15, 0.2) is 0 Å². The summed E-state index contributed by atoms with van der Waals surface area (Å²) in [4.78, 5) is 5.03. The molecule has 0 bridgehead atoms. The fourth-order valence-electron chi connectivity index (χ4n) is 3.69. The molecule has 0 N–H and O–H groups in total. The van der Waals surface area contributed by atoms with E-state index >= 15 is 0 Å². The van der Waals surface area contributed by atoms with E-state index in [2.05, 4.69) is 18.2 Å². The number of halogens is 1. The minimum absolute atomic E-state index is 0.476. The van der Waals surface area contributed by atoms with E-state index in [0.29, 0.717) is 11.6 Å². The molecule has 0 aliphatic carbocycles. The molecule has 0 radical (unpaired) electrons. The number of aromatic nitrogens is 1. The molecule has 0 spiro atoms. The van der Waals surface area contributed by atoms with Crippen LogP contribution in [0.1, 0.15) is 5.56 Å². The SMILES string of the molecule is COc1ccc(-c2cc(-c3ccccc3)c3c(n2)-c2cc(Cl)ccc2OC3)cc1. The predicted molar refractivity (Wildman–Crippen MR) is 116 cm³/mol. The summed E-state index contributed by atoms with van der Waals surface area (Å²) in [6.07, 6.45) is 0. The molecule has 0 amide bonds. The van der Waals surface area contributed by atoms with E-state index in [4.69, 9.17) is 26.1 Å². The number of benzene rings is 3. The number of fused-ring (bicyclic) bond motifs is 3. The number of ether oxygens (including phenoxy) is 2. The van der Waals surface area contributed by atoms with Crippen molar-refractivity contribution in [2.45, 2.75) is 6.61 Å². The lowest BCUT2D eigenvalue weighted by atomic mass is 9.92. The lowest BCUT2D eigenvalue weighted by Gasteiger charge is -2.24. The molecule has 1 aromatic heterocycles. The molecule has 0 fully saturated rings. The second kappa shape index (κ2) is 7.26. The Kier molecular flexibility index (Phi) is 4.45. The summed E-state index contributed by atoms with van der Waals surface area (Å²) < 4.78 is 11.3. The average Bonchev–Trinajstić information content (AvgIpc) is 2.79. The van der Waals surface area contributed by atoms with Crippen LogP contribution >= 0.6 is 11.6 Å². The van der Waals surface area contributed by atoms with Crippen LogP contribution in [0, 0.1) is 0 Å². The van der Waals surface area contributed by atoms with Gasteiger partial charge in [-0.15, -0.1) is 0 Å². The van der Waals surface area contributed by atoms with Crippen molar-refractivity contribution in [1.82, 2.24) is 4.98 Å². The molecule has 3 nitrogen and oxygen atoms in total. The molecule has 0 saturated heterocycles. The lowest BCUT2D eigenvalue weighted by molar-refractivity contribution is 0.302. The predicted octanol–water partition coefficient (Wildman–Crippen LogP) is 6.64. The first kappa shape index (κ1) is 17.8. The van der Waals surface area contributed by atoms with Gasteiger partial charge in [-0.3, -0.25) is 0 Å². The quantitative estimate of drug-likeness (QED) is 0.387. The number of rotatable bonds is 3. The fourth-order valence-corrected chi connectivity index (χ4v) is 3.86. The average molecular weight is 400 g/mol. The molecule has 0 saturated carbocycles. The van der Waals surface area contributed by atoms with Crippen LogP contribution in [0.2, 0.25) is 5.02 Å². The van der Waals surface area contributed by atoms with Crippen LogP contribution in [-0.4, -0.2) is 12.1 Å². The van der Waals surface area contributed by atoms with Gasteiger partial charge in [-0.1, -0.05) is 41.9 Å². The van der Waals surface area contributed by atoms with Crippen LogP contribution in [0.25, 0.3) is 33.6 Å². The van der Waals surface area contributed by atoms with Gasteiger partial charge in [0, 0.05) is 21.7 Å². The molecule has 29 heavy (non-hydrogen) atoms. The summed E-state index contributed by atoms with van der Waals surface area (Å²) in [6, 6.07) is 26.1. The zero-order chi connectivity index (χ0) is 19.8. The Morgan fingerprint density at radius 3 is 2.41 bits per heavy atom. The van der Waals surface area contributed by atoms with Gasteiger partial charge < -0.3 is 9.47 Å². The minimum atomic E-state index is 0.476. The summed E-state index contributed by atoms with van der Waals surface area (Å²) in [6.45, 7) is 0.476. The molecule has 2 heterocycles. The van der Waals surface area contributed by atoms with Crippen molar-refractivity contribution in [3.63, 3.8) is 0 Å². The Balaban J connectivity index is 1.76. The van der Waals surface area contributed by atoms with Gasteiger partial charge in [-0.25, -0.2) is 4.98 Å². The van der Waals surface area contributed by atoms with E-state index in [0.717, 1.165) is 50.7 Å². The summed E-state index contributed by atoms with van der Waals surface area (Å²) in [5.41, 5.74) is 7.09. The molecule has 1 aliphatic heterocycles. The van der Waals surface area contributed by atoms with E-state index in [-0.39, 0.29) is 0 Å². The van der Waals surface area contributed by atoms with Gasteiger partial charge in [0.25, 0.3) is 0 Å². The Morgan fingerprint density at radius 1 is 0.862 bits per heavy atom. The maximum atomic E-state index is 6.29. The standard InChI is InChI=1S/C25H18ClNO2/c1-28-19-10-7-17(8-11-19)23-14-20(16-5-3-2-4-6-16)22-15-29-24-12-9-18(26)13-21(24)25(22)27-23/h2-14H,15H2,1H3. The third-order valence-electron chi connectivity index (χ3n) is 5.16. The van der Waals surface area contributed by atoms with Crippen LogP contribution in [0.3, 0.4) is 0 Å². The third-order valence-corrected chi connectivity index (χ3v) is 5.40. The molecular formula is C25H18ClNO2. The number of methoxy groups -OCH3 is 1. The zero-order valence-corrected chi connectivity index (χ0v) is 16.6. The highest BCUT2D eigenvalue weighted by Crippen LogP contribution is 2.43. The second-order valence-corrected chi connectivity index (χ2v) is 7.34. The first-order chi connectivity index (χ1) is 14.2. The Bertz CT molecular complexity index is 1190. The molecule has 142 valence electrons. The van der Waals surface area contributed by atoms with E-state index < -0.39 is 0 Å². The second-order valence-electron chi connectivity index (χ2n) is 6.91. The van der Waals surface area contributed by atoms with Crippen LogP contribution in [0.4, 0.5) is 0 Å². The Hall–Kier alpha value is -3.30. The monoisotopic (exact) mass is 399 g/mol. The van der Waals surface area contributed by atoms with Crippen molar-refractivity contribution in [3.8, 4) is 45.1 Å². The molecule has 4 heteroatoms. The van der Waals surface area contributed by atoms with E-state index in [9.17, 15) is 0 Å². The van der Waals surface area contributed by atoms with Crippen LogP contribution in [-0.2, 0) is 6.61 Å². The van der Waals surface area contributed by atoms with Gasteiger partial charge in [0.1, 0.15) is 18.1 Å². The van der Waals surface area contributed by atoms with Crippen molar-refractivity contribution < 1.29 is 9.47 Å². The van der Waals surface area contributed by atoms with E-state index in [1.165, 1.54) is 0 Å². The van der Waals surface area contributed by atoms with Crippen molar-refractivity contribution in [2.75, 3.05) is 7.11 Å². The largest absolute Gasteiger partial charge is 0.497 e. The molecule has 4 aromatic rings. The fraction of sp³-hybridized carbons (Fsp3) is 0.0800. The first-order valence-corrected chi connectivity index (χ1v) is 9.77. The maximum absolute atomic E-state index is 6.29. The van der Waals surface area contributed by atoms with E-state index in [1.54, 1.807) is 7.11 Å². The molecule has 5 rings (SSSR count). The minimum Gasteiger partial charge on any atom is -0.497 e. The van der Waals surface area contributed by atoms with Crippen molar-refractivity contribution in [1.29, 1.82) is 0 Å². The number of pyridine rings is 1. The van der Waals surface area contributed by atoms with Crippen LogP contribution in [0.5, 0.6) is 11.5 Å². The number of nitrogens with zero attached hydrogens (tertiary/aromatic N) is 1. The van der Waals surface area contributed by atoms with Gasteiger partial charge >= 0.3 is 0 Å². The van der Waals surface area contributed by atoms with E-state index in [1.807, 2.05) is 60.7 Å². The molecule has 0 unspecified atom stereocenters. The molecule has 0 atom stereocenters. The summed E-state index contributed by atoms with van der Waals surface area (Å²) in [5, 5.41) is 0.665. The number of hydrogen-bond donors (Lipinski definition) is 0. The van der Waals surface area contributed by atoms with Gasteiger partial charge in [0.2, 0.25) is 0 Å². The molecule has 3 aromatic carbocycles. The van der Waals surface area contributed by atoms with Crippen LogP contribution in [0.15, 0.2) is 78.9 Å². The maximum Gasteiger partial charge on any atom is 0.129 e. The zero-order valence-electron chi connectivity index (χ0n) is 15.9. The molecular weight excluding hydrogens is 382 g/mol. The lowest BCUT2D eigenvalue weighted by Crippen LogP contribution is -2.09. The topological polar surface area (TPSA) is 31.4 Å². The molecule has 1 aliphatic rings. The smallest absolute Gasteiger partial charge is 0.129 e. The van der Waals surface area contributed by atoms with Crippen molar-refractivity contribution in [3.05, 3.63) is 89.4 Å².